The van der Waals surface area contributed by atoms with E-state index >= 15 is 0 Å². The fourth-order valence-corrected chi connectivity index (χ4v) is 2.33. The largest absolute Gasteiger partial charge is 0.488 e. The van der Waals surface area contributed by atoms with Crippen LogP contribution in [0.15, 0.2) is 24.3 Å². The minimum atomic E-state index is -0.209. The van der Waals surface area contributed by atoms with Crippen LogP contribution in [0.2, 0.25) is 0 Å². The van der Waals surface area contributed by atoms with Crippen LogP contribution in [0.1, 0.15) is 40.0 Å². The second-order valence-electron chi connectivity index (χ2n) is 6.28. The molecule has 1 aliphatic heterocycles. The molecule has 1 heterocycles. The highest BCUT2D eigenvalue weighted by Crippen LogP contribution is 2.20. The molecule has 0 saturated carbocycles. The van der Waals surface area contributed by atoms with Crippen molar-refractivity contribution in [1.82, 2.24) is 5.32 Å². The molecule has 1 aliphatic rings. The van der Waals surface area contributed by atoms with Gasteiger partial charge >= 0.3 is 0 Å². The van der Waals surface area contributed by atoms with Gasteiger partial charge in [0.05, 0.1) is 0 Å². The van der Waals surface area contributed by atoms with Crippen molar-refractivity contribution >= 4 is 11.6 Å². The molecule has 4 heteroatoms. The van der Waals surface area contributed by atoms with Gasteiger partial charge in [-0.1, -0.05) is 0 Å². The summed E-state index contributed by atoms with van der Waals surface area (Å²) in [4.78, 5) is 11.9. The molecule has 1 amide bonds. The fourth-order valence-electron chi connectivity index (χ4n) is 2.33. The third kappa shape index (κ3) is 4.85. The smallest absolute Gasteiger partial charge is 0.225 e. The van der Waals surface area contributed by atoms with Crippen LogP contribution in [0.25, 0.3) is 0 Å². The van der Waals surface area contributed by atoms with Crippen molar-refractivity contribution in [3.8, 4) is 5.75 Å². The molecule has 1 unspecified atom stereocenters. The van der Waals surface area contributed by atoms with E-state index in [1.54, 1.807) is 0 Å². The maximum Gasteiger partial charge on any atom is 0.225 e. The first-order valence-corrected chi connectivity index (χ1v) is 7.25. The molecule has 0 aromatic heterocycles. The van der Waals surface area contributed by atoms with Crippen LogP contribution in [0.4, 0.5) is 5.69 Å². The molecule has 1 aromatic rings. The second kappa shape index (κ2) is 6.27. The molecular formula is C16H24N2O2. The normalized spacial score (nSPS) is 18.9. The van der Waals surface area contributed by atoms with Gasteiger partial charge in [0.25, 0.3) is 0 Å². The minimum absolute atomic E-state index is 0.0638. The number of hydrogen-bond acceptors (Lipinski definition) is 3. The highest BCUT2D eigenvalue weighted by molar-refractivity contribution is 5.91. The summed E-state index contributed by atoms with van der Waals surface area (Å²) in [7, 11) is 0. The van der Waals surface area contributed by atoms with Crippen LogP contribution in [0.5, 0.6) is 5.75 Å². The minimum Gasteiger partial charge on any atom is -0.488 e. The summed E-state index contributed by atoms with van der Waals surface area (Å²) in [5.41, 5.74) is 0.605. The lowest BCUT2D eigenvalue weighted by Crippen LogP contribution is -2.27. The molecule has 0 bridgehead atoms. The monoisotopic (exact) mass is 276 g/mol. The molecule has 1 atom stereocenters. The summed E-state index contributed by atoms with van der Waals surface area (Å²) < 4.78 is 5.75. The van der Waals surface area contributed by atoms with Crippen LogP contribution in [0.3, 0.4) is 0 Å². The van der Waals surface area contributed by atoms with Gasteiger partial charge in [-0.25, -0.2) is 0 Å². The van der Waals surface area contributed by atoms with E-state index in [0.717, 1.165) is 30.8 Å². The number of amides is 1. The Kier molecular flexibility index (Phi) is 4.65. The zero-order valence-electron chi connectivity index (χ0n) is 12.5. The van der Waals surface area contributed by atoms with Gasteiger partial charge in [0, 0.05) is 18.2 Å². The summed E-state index contributed by atoms with van der Waals surface area (Å²) in [6, 6.07) is 7.85. The van der Waals surface area contributed by atoms with Crippen LogP contribution in [0, 0.1) is 0 Å². The topological polar surface area (TPSA) is 50.4 Å². The Bertz CT molecular complexity index is 443. The first-order valence-electron chi connectivity index (χ1n) is 7.25. The summed E-state index contributed by atoms with van der Waals surface area (Å²) in [6.45, 7) is 7.06. The predicted octanol–water partition coefficient (Wildman–Crippen LogP) is 2.94. The van der Waals surface area contributed by atoms with Gasteiger partial charge in [0.2, 0.25) is 5.91 Å². The lowest BCUT2D eigenvalue weighted by molar-refractivity contribution is -0.116. The average Bonchev–Trinajstić information content (AvgIpc) is 2.82. The zero-order valence-corrected chi connectivity index (χ0v) is 12.5. The van der Waals surface area contributed by atoms with Crippen LogP contribution in [-0.4, -0.2) is 24.1 Å². The van der Waals surface area contributed by atoms with Gasteiger partial charge in [-0.15, -0.1) is 0 Å². The summed E-state index contributed by atoms with van der Waals surface area (Å²) in [6.07, 6.45) is 2.79. The Morgan fingerprint density at radius 3 is 2.60 bits per heavy atom. The maximum atomic E-state index is 11.9. The summed E-state index contributed by atoms with van der Waals surface area (Å²) in [5, 5.41) is 6.25. The molecule has 110 valence electrons. The van der Waals surface area contributed by atoms with Crippen LogP contribution in [-0.2, 0) is 4.79 Å². The van der Waals surface area contributed by atoms with E-state index in [-0.39, 0.29) is 11.5 Å². The number of ether oxygens (including phenoxy) is 1. The number of rotatable bonds is 4. The van der Waals surface area contributed by atoms with Crippen molar-refractivity contribution in [2.75, 3.05) is 11.9 Å². The Morgan fingerprint density at radius 2 is 2.05 bits per heavy atom. The van der Waals surface area contributed by atoms with Gasteiger partial charge < -0.3 is 15.4 Å². The molecule has 4 nitrogen and oxygen atoms in total. The van der Waals surface area contributed by atoms with Gasteiger partial charge in [0.15, 0.2) is 0 Å². The van der Waals surface area contributed by atoms with Gasteiger partial charge in [-0.3, -0.25) is 4.79 Å². The highest BCUT2D eigenvalue weighted by Gasteiger charge is 2.17. The van der Waals surface area contributed by atoms with Crippen molar-refractivity contribution in [2.24, 2.45) is 0 Å². The number of anilines is 1. The summed E-state index contributed by atoms with van der Waals surface area (Å²) >= 11 is 0. The molecule has 1 saturated heterocycles. The van der Waals surface area contributed by atoms with Crippen LogP contribution < -0.4 is 15.4 Å². The Hall–Kier alpha value is -1.55. The molecule has 20 heavy (non-hydrogen) atoms. The SMILES string of the molecule is CC(C)(C)Oc1ccc(NC(=O)CC2CCCN2)cc1. The fraction of sp³-hybridized carbons (Fsp3) is 0.562. The number of hydrogen-bond donors (Lipinski definition) is 2. The average molecular weight is 276 g/mol. The molecule has 2 rings (SSSR count). The number of benzene rings is 1. The first-order chi connectivity index (χ1) is 9.42. The number of carbonyl (C=O) groups is 1. The lowest BCUT2D eigenvalue weighted by atomic mass is 10.1. The number of carbonyl (C=O) groups excluding carboxylic acids is 1. The standard InChI is InChI=1S/C16H24N2O2/c1-16(2,3)20-14-8-6-12(7-9-14)18-15(19)11-13-5-4-10-17-13/h6-9,13,17H,4-5,10-11H2,1-3H3,(H,18,19). The van der Waals surface area contributed by atoms with Crippen LogP contribution >= 0.6 is 0 Å². The molecule has 0 spiro atoms. The van der Waals surface area contributed by atoms with E-state index in [4.69, 9.17) is 4.74 Å². The van der Waals surface area contributed by atoms with Gasteiger partial charge in [-0.2, -0.15) is 0 Å². The maximum absolute atomic E-state index is 11.9. The summed E-state index contributed by atoms with van der Waals surface area (Å²) in [5.74, 6) is 0.877. The van der Waals surface area contributed by atoms with E-state index in [1.807, 2.05) is 45.0 Å². The zero-order chi connectivity index (χ0) is 14.6. The predicted molar refractivity (Wildman–Crippen MR) is 81.1 cm³/mol. The first kappa shape index (κ1) is 14.9. The van der Waals surface area contributed by atoms with Crippen molar-refractivity contribution in [3.05, 3.63) is 24.3 Å². The number of nitrogens with one attached hydrogen (secondary N) is 2. The Labute approximate surface area is 120 Å². The van der Waals surface area contributed by atoms with Crippen molar-refractivity contribution in [3.63, 3.8) is 0 Å². The Morgan fingerprint density at radius 1 is 1.35 bits per heavy atom. The van der Waals surface area contributed by atoms with E-state index in [0.29, 0.717) is 12.5 Å². The van der Waals surface area contributed by atoms with Gasteiger partial charge in [0.1, 0.15) is 11.4 Å². The molecular weight excluding hydrogens is 252 g/mol. The van der Waals surface area contributed by atoms with Crippen molar-refractivity contribution < 1.29 is 9.53 Å². The van der Waals surface area contributed by atoms with E-state index in [9.17, 15) is 4.79 Å². The van der Waals surface area contributed by atoms with E-state index in [1.165, 1.54) is 0 Å². The van der Waals surface area contributed by atoms with E-state index in [2.05, 4.69) is 10.6 Å². The molecule has 2 N–H and O–H groups in total. The quantitative estimate of drug-likeness (QED) is 0.889. The van der Waals surface area contributed by atoms with Gasteiger partial charge in [-0.05, 0) is 64.4 Å². The molecule has 0 radical (unpaired) electrons. The van der Waals surface area contributed by atoms with Crippen molar-refractivity contribution in [2.45, 2.75) is 51.7 Å². The molecule has 1 aromatic carbocycles. The lowest BCUT2D eigenvalue weighted by Gasteiger charge is -2.21. The third-order valence-electron chi connectivity index (χ3n) is 3.16. The second-order valence-corrected chi connectivity index (χ2v) is 6.28. The molecule has 0 aliphatic carbocycles. The van der Waals surface area contributed by atoms with E-state index < -0.39 is 0 Å². The highest BCUT2D eigenvalue weighted by atomic mass is 16.5. The Balaban J connectivity index is 1.85. The molecule has 1 fully saturated rings. The van der Waals surface area contributed by atoms with Crippen molar-refractivity contribution in [1.29, 1.82) is 0 Å². The third-order valence-corrected chi connectivity index (χ3v) is 3.16.